The summed E-state index contributed by atoms with van der Waals surface area (Å²) in [5.41, 5.74) is 0.432. The molecule has 0 unspecified atom stereocenters. The summed E-state index contributed by atoms with van der Waals surface area (Å²) in [5, 5.41) is 5.39. The Bertz CT molecular complexity index is 751. The van der Waals surface area contributed by atoms with Crippen LogP contribution in [-0.2, 0) is 9.53 Å². The van der Waals surface area contributed by atoms with Crippen molar-refractivity contribution < 1.29 is 23.5 Å². The third-order valence-corrected chi connectivity index (χ3v) is 3.83. The molecule has 2 N–H and O–H groups in total. The predicted octanol–water partition coefficient (Wildman–Crippen LogP) is 2.99. The van der Waals surface area contributed by atoms with E-state index in [1.165, 1.54) is 18.4 Å². The Hall–Kier alpha value is -3.09. The molecule has 0 bridgehead atoms. The maximum absolute atomic E-state index is 12.3. The average Bonchev–Trinajstić information content (AvgIpc) is 3.19. The number of anilines is 1. The molecule has 0 saturated carbocycles. The van der Waals surface area contributed by atoms with Crippen molar-refractivity contribution in [2.45, 2.75) is 32.7 Å². The molecular weight excluding hydrogens is 336 g/mol. The van der Waals surface area contributed by atoms with Gasteiger partial charge in [0.2, 0.25) is 0 Å². The van der Waals surface area contributed by atoms with Gasteiger partial charge in [-0.25, -0.2) is 4.79 Å². The van der Waals surface area contributed by atoms with Crippen LogP contribution in [0.4, 0.5) is 5.69 Å². The lowest BCUT2D eigenvalue weighted by molar-refractivity contribution is -0.125. The van der Waals surface area contributed by atoms with Crippen LogP contribution in [0.3, 0.4) is 0 Å². The molecule has 7 heteroatoms. The second-order valence-corrected chi connectivity index (χ2v) is 5.63. The van der Waals surface area contributed by atoms with Crippen molar-refractivity contribution in [3.63, 3.8) is 0 Å². The van der Waals surface area contributed by atoms with Crippen LogP contribution < -0.4 is 10.6 Å². The van der Waals surface area contributed by atoms with E-state index >= 15 is 0 Å². The Morgan fingerprint density at radius 1 is 1.08 bits per heavy atom. The van der Waals surface area contributed by atoms with Gasteiger partial charge in [-0.3, -0.25) is 9.59 Å². The van der Waals surface area contributed by atoms with E-state index in [-0.39, 0.29) is 35.6 Å². The number of rotatable bonds is 8. The minimum Gasteiger partial charge on any atom is -0.459 e. The lowest BCUT2D eigenvalue weighted by atomic mass is 10.1. The summed E-state index contributed by atoms with van der Waals surface area (Å²) in [6, 6.07) is 9.56. The van der Waals surface area contributed by atoms with E-state index in [1.54, 1.807) is 24.3 Å². The highest BCUT2D eigenvalue weighted by atomic mass is 16.5. The first-order valence-electron chi connectivity index (χ1n) is 8.45. The summed E-state index contributed by atoms with van der Waals surface area (Å²) >= 11 is 0. The molecule has 0 atom stereocenters. The summed E-state index contributed by atoms with van der Waals surface area (Å²) < 4.78 is 10.1. The Kier molecular flexibility index (Phi) is 6.96. The number of amides is 2. The third kappa shape index (κ3) is 5.20. The highest BCUT2D eigenvalue weighted by Crippen LogP contribution is 2.17. The first-order valence-corrected chi connectivity index (χ1v) is 8.45. The molecule has 0 fully saturated rings. The number of furan rings is 1. The summed E-state index contributed by atoms with van der Waals surface area (Å²) in [6.07, 6.45) is 2.99. The van der Waals surface area contributed by atoms with Crippen molar-refractivity contribution in [2.24, 2.45) is 0 Å². The van der Waals surface area contributed by atoms with Gasteiger partial charge in [0.1, 0.15) is 0 Å². The second kappa shape index (κ2) is 9.41. The molecule has 138 valence electrons. The van der Waals surface area contributed by atoms with Crippen LogP contribution in [0.15, 0.2) is 47.1 Å². The van der Waals surface area contributed by atoms with Crippen LogP contribution in [0.5, 0.6) is 0 Å². The Labute approximate surface area is 151 Å². The lowest BCUT2D eigenvalue weighted by Crippen LogP contribution is -2.36. The van der Waals surface area contributed by atoms with Crippen LogP contribution in [0.25, 0.3) is 0 Å². The van der Waals surface area contributed by atoms with Gasteiger partial charge in [-0.2, -0.15) is 0 Å². The van der Waals surface area contributed by atoms with E-state index in [9.17, 15) is 14.4 Å². The van der Waals surface area contributed by atoms with Crippen molar-refractivity contribution in [3.05, 3.63) is 54.0 Å². The average molecular weight is 358 g/mol. The number of benzene rings is 1. The zero-order valence-electron chi connectivity index (χ0n) is 14.8. The molecule has 1 heterocycles. The molecule has 0 aliphatic rings. The number of carbonyl (C=O) groups is 3. The number of hydrogen-bond donors (Lipinski definition) is 2. The smallest absolute Gasteiger partial charge is 0.340 e. The van der Waals surface area contributed by atoms with Crippen molar-refractivity contribution in [3.8, 4) is 0 Å². The summed E-state index contributed by atoms with van der Waals surface area (Å²) in [5.74, 6) is -1.41. The van der Waals surface area contributed by atoms with Gasteiger partial charge in [0.05, 0.1) is 17.5 Å². The van der Waals surface area contributed by atoms with Crippen LogP contribution >= 0.6 is 0 Å². The molecule has 0 aliphatic heterocycles. The Morgan fingerprint density at radius 2 is 1.81 bits per heavy atom. The highest BCUT2D eigenvalue weighted by Gasteiger charge is 2.18. The van der Waals surface area contributed by atoms with Crippen molar-refractivity contribution in [1.29, 1.82) is 0 Å². The van der Waals surface area contributed by atoms with Gasteiger partial charge in [-0.1, -0.05) is 26.0 Å². The Morgan fingerprint density at radius 3 is 2.46 bits per heavy atom. The van der Waals surface area contributed by atoms with Gasteiger partial charge < -0.3 is 19.8 Å². The fourth-order valence-electron chi connectivity index (χ4n) is 2.33. The number of nitrogens with one attached hydrogen (secondary N) is 2. The molecule has 0 radical (unpaired) electrons. The summed E-state index contributed by atoms with van der Waals surface area (Å²) in [6.45, 7) is 3.56. The fourth-order valence-corrected chi connectivity index (χ4v) is 2.33. The molecule has 7 nitrogen and oxygen atoms in total. The Balaban J connectivity index is 1.98. The van der Waals surface area contributed by atoms with E-state index in [0.29, 0.717) is 0 Å². The van der Waals surface area contributed by atoms with E-state index in [1.807, 2.05) is 13.8 Å². The number of carbonyl (C=O) groups excluding carboxylic acids is 3. The third-order valence-electron chi connectivity index (χ3n) is 3.83. The molecule has 1 aromatic heterocycles. The second-order valence-electron chi connectivity index (χ2n) is 5.63. The lowest BCUT2D eigenvalue weighted by Gasteiger charge is -2.15. The number of ether oxygens (including phenoxy) is 1. The summed E-state index contributed by atoms with van der Waals surface area (Å²) in [4.78, 5) is 36.2. The van der Waals surface area contributed by atoms with E-state index in [4.69, 9.17) is 9.15 Å². The topological polar surface area (TPSA) is 97.6 Å². The minimum atomic E-state index is -0.694. The first-order chi connectivity index (χ1) is 12.5. The van der Waals surface area contributed by atoms with Crippen LogP contribution in [0.1, 0.15) is 47.6 Å². The molecule has 26 heavy (non-hydrogen) atoms. The minimum absolute atomic E-state index is 0.0565. The highest BCUT2D eigenvalue weighted by molar-refractivity contribution is 6.06. The van der Waals surface area contributed by atoms with Crippen LogP contribution in [-0.4, -0.2) is 30.4 Å². The van der Waals surface area contributed by atoms with Gasteiger partial charge in [-0.05, 0) is 37.1 Å². The molecule has 1 aromatic carbocycles. The van der Waals surface area contributed by atoms with Crippen molar-refractivity contribution in [1.82, 2.24) is 5.32 Å². The predicted molar refractivity (Wildman–Crippen MR) is 95.9 cm³/mol. The van der Waals surface area contributed by atoms with Gasteiger partial charge in [0, 0.05) is 6.04 Å². The quantitative estimate of drug-likeness (QED) is 0.707. The van der Waals surface area contributed by atoms with Crippen molar-refractivity contribution >= 4 is 23.5 Å². The van der Waals surface area contributed by atoms with Gasteiger partial charge in [-0.15, -0.1) is 0 Å². The summed E-state index contributed by atoms with van der Waals surface area (Å²) in [7, 11) is 0. The van der Waals surface area contributed by atoms with Crippen LogP contribution in [0.2, 0.25) is 0 Å². The van der Waals surface area contributed by atoms with Crippen LogP contribution in [0, 0.1) is 0 Å². The SMILES string of the molecule is CCC(CC)NC(=O)COC(=O)c1ccccc1NC(=O)c1ccco1. The normalized spacial score (nSPS) is 10.4. The fraction of sp³-hybridized carbons (Fsp3) is 0.316. The van der Waals surface area contributed by atoms with Gasteiger partial charge >= 0.3 is 5.97 Å². The molecule has 2 rings (SSSR count). The maximum Gasteiger partial charge on any atom is 0.340 e. The largest absolute Gasteiger partial charge is 0.459 e. The van der Waals surface area contributed by atoms with Gasteiger partial charge in [0.25, 0.3) is 11.8 Å². The maximum atomic E-state index is 12.3. The number of hydrogen-bond acceptors (Lipinski definition) is 5. The molecular formula is C19H22N2O5. The van der Waals surface area contributed by atoms with Crippen molar-refractivity contribution in [2.75, 3.05) is 11.9 Å². The standard InChI is InChI=1S/C19H22N2O5/c1-3-13(4-2)20-17(22)12-26-19(24)14-8-5-6-9-15(14)21-18(23)16-10-7-11-25-16/h5-11,13H,3-4,12H2,1-2H3,(H,20,22)(H,21,23). The molecule has 0 spiro atoms. The van der Waals surface area contributed by atoms with E-state index in [0.717, 1.165) is 12.8 Å². The molecule has 0 aliphatic carbocycles. The van der Waals surface area contributed by atoms with Gasteiger partial charge in [0.15, 0.2) is 12.4 Å². The monoisotopic (exact) mass is 358 g/mol. The van der Waals surface area contributed by atoms with E-state index < -0.39 is 11.9 Å². The molecule has 0 saturated heterocycles. The zero-order valence-corrected chi connectivity index (χ0v) is 14.8. The molecule has 2 aromatic rings. The van der Waals surface area contributed by atoms with E-state index in [2.05, 4.69) is 10.6 Å². The number of para-hydroxylation sites is 1. The zero-order chi connectivity index (χ0) is 18.9. The first kappa shape index (κ1) is 19.2. The number of esters is 1. The molecule has 2 amide bonds.